The average Bonchev–Trinajstić information content (AvgIpc) is 2.12. The molecule has 0 amide bonds. The number of hydrogen-bond donors (Lipinski definition) is 2. The molecule has 7 heteroatoms. The Kier molecular flexibility index (Phi) is 3.85. The van der Waals surface area contributed by atoms with Crippen molar-refractivity contribution >= 4 is 23.0 Å². The van der Waals surface area contributed by atoms with Crippen LogP contribution in [0.2, 0.25) is 0 Å². The summed E-state index contributed by atoms with van der Waals surface area (Å²) in [6, 6.07) is 2.09. The van der Waals surface area contributed by atoms with Gasteiger partial charge in [0.15, 0.2) is 0 Å². The predicted octanol–water partition coefficient (Wildman–Crippen LogP) is 2.95. The molecule has 0 unspecified atom stereocenters. The van der Waals surface area contributed by atoms with Gasteiger partial charge in [-0.1, -0.05) is 12.2 Å². The normalized spacial score (nSPS) is 12.3. The predicted molar refractivity (Wildman–Crippen MR) is 68.5 cm³/mol. The van der Waals surface area contributed by atoms with Crippen LogP contribution in [0.3, 0.4) is 0 Å². The van der Waals surface area contributed by atoms with Crippen LogP contribution in [0.25, 0.3) is 0 Å². The van der Waals surface area contributed by atoms with Crippen molar-refractivity contribution in [3.8, 4) is 0 Å². The monoisotopic (exact) mass is 277 g/mol. The fourth-order valence-electron chi connectivity index (χ4n) is 1.27. The zero-order valence-electron chi connectivity index (χ0n) is 10.2. The van der Waals surface area contributed by atoms with Crippen LogP contribution in [0.15, 0.2) is 12.1 Å². The topological polar surface area (TPSA) is 50.9 Å². The average molecular weight is 277 g/mol. The number of halogens is 3. The lowest BCUT2D eigenvalue weighted by molar-refractivity contribution is -0.141. The standard InChI is InChI=1S/C11H14F3N3S/c1-10(2,3)17-9-6(8(15)18)4-5-7(16-9)11(12,13)14/h4-5H,1-3H3,(H2,15,18)(H,16,17). The summed E-state index contributed by atoms with van der Waals surface area (Å²) in [4.78, 5) is 3.55. The Hall–Kier alpha value is -1.37. The number of nitrogens with two attached hydrogens (primary N) is 1. The maximum absolute atomic E-state index is 12.6. The van der Waals surface area contributed by atoms with Crippen LogP contribution >= 0.6 is 12.2 Å². The Morgan fingerprint density at radius 1 is 1.28 bits per heavy atom. The first-order chi connectivity index (χ1) is 8.00. The van der Waals surface area contributed by atoms with Crippen LogP contribution in [-0.2, 0) is 6.18 Å². The molecule has 0 radical (unpaired) electrons. The van der Waals surface area contributed by atoms with Gasteiger partial charge >= 0.3 is 6.18 Å². The van der Waals surface area contributed by atoms with Gasteiger partial charge in [-0.2, -0.15) is 13.2 Å². The van der Waals surface area contributed by atoms with Crippen LogP contribution < -0.4 is 11.1 Å². The molecule has 3 nitrogen and oxygen atoms in total. The molecule has 1 aromatic rings. The number of hydrogen-bond acceptors (Lipinski definition) is 3. The molecular formula is C11H14F3N3S. The molecule has 18 heavy (non-hydrogen) atoms. The van der Waals surface area contributed by atoms with E-state index in [1.165, 1.54) is 6.07 Å². The van der Waals surface area contributed by atoms with Crippen molar-refractivity contribution < 1.29 is 13.2 Å². The Morgan fingerprint density at radius 2 is 1.83 bits per heavy atom. The lowest BCUT2D eigenvalue weighted by Gasteiger charge is -2.23. The molecule has 0 aliphatic rings. The molecule has 3 N–H and O–H groups in total. The highest BCUT2D eigenvalue weighted by molar-refractivity contribution is 7.80. The maximum Gasteiger partial charge on any atom is 0.433 e. The molecule has 0 fully saturated rings. The lowest BCUT2D eigenvalue weighted by Crippen LogP contribution is -2.29. The Morgan fingerprint density at radius 3 is 2.22 bits per heavy atom. The smallest absolute Gasteiger partial charge is 0.389 e. The molecule has 0 bridgehead atoms. The highest BCUT2D eigenvalue weighted by atomic mass is 32.1. The number of rotatable bonds is 2. The highest BCUT2D eigenvalue weighted by Crippen LogP contribution is 2.30. The van der Waals surface area contributed by atoms with Crippen molar-refractivity contribution in [1.82, 2.24) is 4.98 Å². The molecule has 100 valence electrons. The SMILES string of the molecule is CC(C)(C)Nc1nc(C(F)(F)F)ccc1C(N)=S. The van der Waals surface area contributed by atoms with Gasteiger partial charge in [-0.25, -0.2) is 4.98 Å². The van der Waals surface area contributed by atoms with Gasteiger partial charge in [0.2, 0.25) is 0 Å². The van der Waals surface area contributed by atoms with Gasteiger partial charge < -0.3 is 11.1 Å². The summed E-state index contributed by atoms with van der Waals surface area (Å²) in [7, 11) is 0. The minimum atomic E-state index is -4.50. The van der Waals surface area contributed by atoms with Crippen molar-refractivity contribution in [1.29, 1.82) is 0 Å². The van der Waals surface area contributed by atoms with Crippen LogP contribution in [0.5, 0.6) is 0 Å². The second kappa shape index (κ2) is 4.72. The van der Waals surface area contributed by atoms with Gasteiger partial charge in [0, 0.05) is 5.54 Å². The zero-order chi connectivity index (χ0) is 14.1. The van der Waals surface area contributed by atoms with Crippen LogP contribution in [-0.4, -0.2) is 15.5 Å². The number of aromatic nitrogens is 1. The Balaban J connectivity index is 3.29. The quantitative estimate of drug-likeness (QED) is 0.816. The van der Waals surface area contributed by atoms with Gasteiger partial charge in [-0.15, -0.1) is 0 Å². The number of anilines is 1. The second-order valence-electron chi connectivity index (χ2n) is 4.83. The first kappa shape index (κ1) is 14.7. The van der Waals surface area contributed by atoms with E-state index in [0.29, 0.717) is 5.56 Å². The molecule has 0 aliphatic heterocycles. The van der Waals surface area contributed by atoms with Crippen LogP contribution in [0, 0.1) is 0 Å². The summed E-state index contributed by atoms with van der Waals surface area (Å²) in [5.41, 5.74) is 4.34. The van der Waals surface area contributed by atoms with Crippen molar-refractivity contribution in [2.45, 2.75) is 32.5 Å². The van der Waals surface area contributed by atoms with Crippen molar-refractivity contribution in [3.05, 3.63) is 23.4 Å². The van der Waals surface area contributed by atoms with Crippen molar-refractivity contribution in [3.63, 3.8) is 0 Å². The summed E-state index contributed by atoms with van der Waals surface area (Å²) < 4.78 is 37.7. The summed E-state index contributed by atoms with van der Waals surface area (Å²) >= 11 is 4.79. The summed E-state index contributed by atoms with van der Waals surface area (Å²) in [5.74, 6) is 0.0461. The number of thiocarbonyl (C=S) groups is 1. The molecule has 0 atom stereocenters. The second-order valence-corrected chi connectivity index (χ2v) is 5.27. The van der Waals surface area contributed by atoms with E-state index in [-0.39, 0.29) is 10.8 Å². The largest absolute Gasteiger partial charge is 0.433 e. The summed E-state index contributed by atoms with van der Waals surface area (Å²) in [6.45, 7) is 5.41. The molecule has 0 aliphatic carbocycles. The highest BCUT2D eigenvalue weighted by Gasteiger charge is 2.33. The van der Waals surface area contributed by atoms with Gasteiger partial charge in [0.1, 0.15) is 16.5 Å². The van der Waals surface area contributed by atoms with Crippen molar-refractivity contribution in [2.75, 3.05) is 5.32 Å². The van der Waals surface area contributed by atoms with E-state index in [2.05, 4.69) is 10.3 Å². The molecule has 1 rings (SSSR count). The molecule has 1 aromatic heterocycles. The van der Waals surface area contributed by atoms with E-state index in [9.17, 15) is 13.2 Å². The third-order valence-electron chi connectivity index (χ3n) is 1.94. The molecule has 0 saturated heterocycles. The fraction of sp³-hybridized carbons (Fsp3) is 0.455. The zero-order valence-corrected chi connectivity index (χ0v) is 11.0. The first-order valence-corrected chi connectivity index (χ1v) is 5.58. The van der Waals surface area contributed by atoms with Crippen LogP contribution in [0.4, 0.5) is 19.0 Å². The maximum atomic E-state index is 12.6. The van der Waals surface area contributed by atoms with Gasteiger partial charge in [0.05, 0.1) is 5.56 Å². The van der Waals surface area contributed by atoms with Gasteiger partial charge in [-0.3, -0.25) is 0 Å². The van der Waals surface area contributed by atoms with E-state index in [0.717, 1.165) is 6.07 Å². The molecule has 0 spiro atoms. The van der Waals surface area contributed by atoms with E-state index >= 15 is 0 Å². The van der Waals surface area contributed by atoms with Gasteiger partial charge in [-0.05, 0) is 32.9 Å². The number of nitrogens with zero attached hydrogens (tertiary/aromatic N) is 1. The summed E-state index contributed by atoms with van der Waals surface area (Å²) in [6.07, 6.45) is -4.50. The Bertz CT molecular complexity index is 464. The minimum absolute atomic E-state index is 0.00275. The molecule has 0 aromatic carbocycles. The summed E-state index contributed by atoms with van der Waals surface area (Å²) in [5, 5.41) is 2.86. The van der Waals surface area contributed by atoms with Crippen LogP contribution in [0.1, 0.15) is 32.0 Å². The van der Waals surface area contributed by atoms with E-state index in [1.807, 2.05) is 0 Å². The number of pyridine rings is 1. The van der Waals surface area contributed by atoms with E-state index in [4.69, 9.17) is 18.0 Å². The van der Waals surface area contributed by atoms with E-state index < -0.39 is 17.4 Å². The minimum Gasteiger partial charge on any atom is -0.389 e. The van der Waals surface area contributed by atoms with Crippen molar-refractivity contribution in [2.24, 2.45) is 5.73 Å². The third-order valence-corrected chi connectivity index (χ3v) is 2.16. The first-order valence-electron chi connectivity index (χ1n) is 5.17. The fourth-order valence-corrected chi connectivity index (χ4v) is 1.43. The molecule has 0 saturated carbocycles. The van der Waals surface area contributed by atoms with Gasteiger partial charge in [0.25, 0.3) is 0 Å². The third kappa shape index (κ3) is 3.83. The number of nitrogens with one attached hydrogen (secondary N) is 1. The lowest BCUT2D eigenvalue weighted by atomic mass is 10.1. The molecular weight excluding hydrogens is 263 g/mol. The van der Waals surface area contributed by atoms with E-state index in [1.54, 1.807) is 20.8 Å². The number of alkyl halides is 3. The molecule has 1 heterocycles. The Labute approximate surface area is 109 Å².